The molecule has 0 aliphatic carbocycles. The van der Waals surface area contributed by atoms with Gasteiger partial charge in [-0.05, 0) is 36.5 Å². The summed E-state index contributed by atoms with van der Waals surface area (Å²) in [5, 5.41) is 21.2. The van der Waals surface area contributed by atoms with Gasteiger partial charge in [-0.1, -0.05) is 62.2 Å². The molecule has 212 valence electrons. The smallest absolute Gasteiger partial charge is 0.306 e. The van der Waals surface area contributed by atoms with E-state index in [1.165, 1.54) is 18.1 Å². The van der Waals surface area contributed by atoms with E-state index in [1.807, 2.05) is 20.8 Å². The first-order valence-corrected chi connectivity index (χ1v) is 13.7. The van der Waals surface area contributed by atoms with Crippen LogP contribution in [0.4, 0.5) is 5.69 Å². The SMILES string of the molecule is COc1ccccc1[C@@H](O)c1cc(Cl)cc(Cl)c1N(CC(C)(C)C)C(=O)CCC(=O)N1CCC(C(=O)O)CC1. The number of nitrogens with zero attached hydrogens (tertiary/aromatic N) is 2. The van der Waals surface area contributed by atoms with E-state index < -0.39 is 18.0 Å². The molecular weight excluding hydrogens is 543 g/mol. The summed E-state index contributed by atoms with van der Waals surface area (Å²) in [4.78, 5) is 40.9. The monoisotopic (exact) mass is 578 g/mol. The Morgan fingerprint density at radius 3 is 2.31 bits per heavy atom. The zero-order valence-electron chi connectivity index (χ0n) is 22.7. The van der Waals surface area contributed by atoms with Crippen LogP contribution in [-0.4, -0.2) is 59.6 Å². The van der Waals surface area contributed by atoms with Gasteiger partial charge >= 0.3 is 5.97 Å². The molecule has 1 aliphatic rings. The lowest BCUT2D eigenvalue weighted by atomic mass is 9.93. The van der Waals surface area contributed by atoms with Gasteiger partial charge in [-0.25, -0.2) is 0 Å². The third-order valence-corrected chi connectivity index (χ3v) is 7.25. The van der Waals surface area contributed by atoms with Crippen LogP contribution in [0.15, 0.2) is 36.4 Å². The maximum absolute atomic E-state index is 13.7. The number of piperidine rings is 1. The number of carboxylic acids is 1. The normalized spacial score (nSPS) is 15.1. The summed E-state index contributed by atoms with van der Waals surface area (Å²) in [5.74, 6) is -1.34. The minimum Gasteiger partial charge on any atom is -0.496 e. The van der Waals surface area contributed by atoms with Crippen LogP contribution in [0.5, 0.6) is 5.75 Å². The highest BCUT2D eigenvalue weighted by Gasteiger charge is 2.31. The van der Waals surface area contributed by atoms with Crippen LogP contribution in [0, 0.1) is 11.3 Å². The van der Waals surface area contributed by atoms with Crippen molar-refractivity contribution in [1.29, 1.82) is 0 Å². The molecule has 8 nitrogen and oxygen atoms in total. The Morgan fingerprint density at radius 1 is 1.08 bits per heavy atom. The van der Waals surface area contributed by atoms with E-state index >= 15 is 0 Å². The summed E-state index contributed by atoms with van der Waals surface area (Å²) in [6, 6.07) is 10.1. The summed E-state index contributed by atoms with van der Waals surface area (Å²) in [6.45, 7) is 6.92. The molecule has 1 atom stereocenters. The fourth-order valence-corrected chi connectivity index (χ4v) is 5.40. The van der Waals surface area contributed by atoms with Gasteiger partial charge in [0, 0.05) is 48.6 Å². The van der Waals surface area contributed by atoms with Gasteiger partial charge in [0.1, 0.15) is 11.9 Å². The molecular formula is C29H36Cl2N2O6. The van der Waals surface area contributed by atoms with Crippen molar-refractivity contribution in [1.82, 2.24) is 4.90 Å². The quantitative estimate of drug-likeness (QED) is 0.403. The Hall–Kier alpha value is -2.81. The predicted octanol–water partition coefficient (Wildman–Crippen LogP) is 5.57. The van der Waals surface area contributed by atoms with Crippen molar-refractivity contribution < 1.29 is 29.3 Å². The molecule has 0 unspecified atom stereocenters. The molecule has 1 saturated heterocycles. The number of aliphatic hydroxyl groups is 1. The van der Waals surface area contributed by atoms with Gasteiger partial charge in [0.2, 0.25) is 11.8 Å². The number of ether oxygens (including phenoxy) is 1. The van der Waals surface area contributed by atoms with Gasteiger partial charge in [-0.2, -0.15) is 0 Å². The number of methoxy groups -OCH3 is 1. The lowest BCUT2D eigenvalue weighted by molar-refractivity contribution is -0.145. The van der Waals surface area contributed by atoms with E-state index in [2.05, 4.69) is 0 Å². The first kappa shape index (κ1) is 30.7. The van der Waals surface area contributed by atoms with E-state index in [4.69, 9.17) is 27.9 Å². The molecule has 10 heteroatoms. The molecule has 1 fully saturated rings. The highest BCUT2D eigenvalue weighted by Crippen LogP contribution is 2.42. The number of rotatable bonds is 9. The molecule has 0 bridgehead atoms. The first-order chi connectivity index (χ1) is 18.3. The second kappa shape index (κ2) is 13.0. The van der Waals surface area contributed by atoms with E-state index in [0.717, 1.165) is 0 Å². The number of hydrogen-bond donors (Lipinski definition) is 2. The van der Waals surface area contributed by atoms with Crippen LogP contribution in [-0.2, 0) is 14.4 Å². The van der Waals surface area contributed by atoms with Gasteiger partial charge in [0.05, 0.1) is 23.7 Å². The summed E-state index contributed by atoms with van der Waals surface area (Å²) in [6.07, 6.45) is -0.491. The third-order valence-electron chi connectivity index (χ3n) is 6.74. The maximum atomic E-state index is 13.7. The lowest BCUT2D eigenvalue weighted by Gasteiger charge is -2.34. The van der Waals surface area contributed by atoms with Crippen molar-refractivity contribution >= 4 is 46.7 Å². The summed E-state index contributed by atoms with van der Waals surface area (Å²) in [5.41, 5.74) is 0.821. The summed E-state index contributed by atoms with van der Waals surface area (Å²) >= 11 is 13.0. The maximum Gasteiger partial charge on any atom is 0.306 e. The number of halogens is 2. The number of hydrogen-bond acceptors (Lipinski definition) is 5. The lowest BCUT2D eigenvalue weighted by Crippen LogP contribution is -2.42. The van der Waals surface area contributed by atoms with Crippen LogP contribution in [0.1, 0.15) is 63.7 Å². The zero-order valence-corrected chi connectivity index (χ0v) is 24.3. The van der Waals surface area contributed by atoms with Gasteiger partial charge in [0.15, 0.2) is 0 Å². The summed E-state index contributed by atoms with van der Waals surface area (Å²) < 4.78 is 5.44. The van der Waals surface area contributed by atoms with Crippen LogP contribution in [0.2, 0.25) is 10.0 Å². The van der Waals surface area contributed by atoms with Crippen LogP contribution >= 0.6 is 23.2 Å². The van der Waals surface area contributed by atoms with Gasteiger partial charge in [0.25, 0.3) is 0 Å². The number of aliphatic hydroxyl groups excluding tert-OH is 1. The minimum absolute atomic E-state index is 0.0210. The Balaban J connectivity index is 1.90. The number of para-hydroxylation sites is 1. The number of benzene rings is 2. The molecule has 2 aromatic rings. The average molecular weight is 580 g/mol. The van der Waals surface area contributed by atoms with E-state index in [9.17, 15) is 24.6 Å². The van der Waals surface area contributed by atoms with Crippen molar-refractivity contribution in [3.05, 3.63) is 57.6 Å². The van der Waals surface area contributed by atoms with E-state index in [1.54, 1.807) is 35.2 Å². The van der Waals surface area contributed by atoms with Crippen molar-refractivity contribution in [2.75, 3.05) is 31.6 Å². The Labute approximate surface area is 239 Å². The number of likely N-dealkylation sites (tertiary alicyclic amines) is 1. The van der Waals surface area contributed by atoms with Gasteiger partial charge < -0.3 is 24.7 Å². The van der Waals surface area contributed by atoms with E-state index in [-0.39, 0.29) is 41.6 Å². The second-order valence-electron chi connectivity index (χ2n) is 11.0. The topological polar surface area (TPSA) is 107 Å². The third kappa shape index (κ3) is 7.87. The van der Waals surface area contributed by atoms with Crippen molar-refractivity contribution in [2.45, 2.75) is 52.6 Å². The van der Waals surface area contributed by atoms with Gasteiger partial charge in [-0.15, -0.1) is 0 Å². The number of carbonyl (C=O) groups excluding carboxylic acids is 2. The molecule has 1 aliphatic heterocycles. The molecule has 39 heavy (non-hydrogen) atoms. The Morgan fingerprint density at radius 2 is 1.72 bits per heavy atom. The van der Waals surface area contributed by atoms with Crippen molar-refractivity contribution in [3.63, 3.8) is 0 Å². The van der Waals surface area contributed by atoms with Crippen LogP contribution < -0.4 is 9.64 Å². The molecule has 0 saturated carbocycles. The second-order valence-corrected chi connectivity index (χ2v) is 11.8. The number of amides is 2. The molecule has 0 radical (unpaired) electrons. The van der Waals surface area contributed by atoms with Crippen LogP contribution in [0.25, 0.3) is 0 Å². The standard InChI is InChI=1S/C29H36Cl2N2O6/c1-29(2,3)17-33(25(35)10-9-24(34)32-13-11-18(12-14-32)28(37)38)26-21(15-19(30)16-22(26)31)27(36)20-7-5-6-8-23(20)39-4/h5-8,15-16,18,27,36H,9-14,17H2,1-4H3,(H,37,38)/t27-/m1/s1. The number of anilines is 1. The number of carbonyl (C=O) groups is 3. The molecule has 0 spiro atoms. The molecule has 2 aromatic carbocycles. The molecule has 3 rings (SSSR count). The fourth-order valence-electron chi connectivity index (χ4n) is 4.79. The average Bonchev–Trinajstić information content (AvgIpc) is 2.89. The first-order valence-electron chi connectivity index (χ1n) is 12.9. The summed E-state index contributed by atoms with van der Waals surface area (Å²) in [7, 11) is 1.51. The largest absolute Gasteiger partial charge is 0.496 e. The predicted molar refractivity (Wildman–Crippen MR) is 151 cm³/mol. The van der Waals surface area contributed by atoms with E-state index in [0.29, 0.717) is 53.5 Å². The Kier molecular flexibility index (Phi) is 10.3. The molecule has 2 N–H and O–H groups in total. The molecule has 1 heterocycles. The highest BCUT2D eigenvalue weighted by atomic mass is 35.5. The number of aliphatic carboxylic acids is 1. The molecule has 2 amide bonds. The van der Waals surface area contributed by atoms with Gasteiger partial charge in [-0.3, -0.25) is 14.4 Å². The fraction of sp³-hybridized carbons (Fsp3) is 0.483. The zero-order chi connectivity index (χ0) is 28.9. The van der Waals surface area contributed by atoms with Crippen molar-refractivity contribution in [2.24, 2.45) is 11.3 Å². The minimum atomic E-state index is -1.19. The van der Waals surface area contributed by atoms with Crippen LogP contribution in [0.3, 0.4) is 0 Å². The molecule has 0 aromatic heterocycles. The van der Waals surface area contributed by atoms with Crippen molar-refractivity contribution in [3.8, 4) is 5.75 Å². The number of carboxylic acid groups (broad SMARTS) is 1. The Bertz CT molecular complexity index is 1200. The highest BCUT2D eigenvalue weighted by molar-refractivity contribution is 6.37.